The summed E-state index contributed by atoms with van der Waals surface area (Å²) in [5.74, 6) is 1.10. The quantitative estimate of drug-likeness (QED) is 0.828. The number of halogens is 1. The minimum Gasteiger partial charge on any atom is -0.494 e. The average Bonchev–Trinajstić information content (AvgIpc) is 2.46. The van der Waals surface area contributed by atoms with E-state index in [9.17, 15) is 4.79 Å². The van der Waals surface area contributed by atoms with Crippen LogP contribution in [0.15, 0.2) is 36.4 Å². The van der Waals surface area contributed by atoms with Crippen molar-refractivity contribution in [1.82, 2.24) is 5.32 Å². The Morgan fingerprint density at radius 3 is 2.80 bits per heavy atom. The molecule has 0 saturated carbocycles. The van der Waals surface area contributed by atoms with E-state index in [2.05, 4.69) is 11.4 Å². The third-order valence-electron chi connectivity index (χ3n) is 3.08. The van der Waals surface area contributed by atoms with Gasteiger partial charge in [-0.05, 0) is 23.8 Å². The molecule has 0 spiro atoms. The van der Waals surface area contributed by atoms with E-state index in [-0.39, 0.29) is 5.91 Å². The monoisotopic (exact) mass is 291 g/mol. The van der Waals surface area contributed by atoms with Crippen LogP contribution in [-0.2, 0) is 11.3 Å². The van der Waals surface area contributed by atoms with Crippen molar-refractivity contribution in [3.63, 3.8) is 0 Å². The van der Waals surface area contributed by atoms with E-state index in [1.54, 1.807) is 0 Å². The fourth-order valence-electron chi connectivity index (χ4n) is 2.15. The maximum atomic E-state index is 11.6. The molecule has 20 heavy (non-hydrogen) atoms. The van der Waals surface area contributed by atoms with Crippen molar-refractivity contribution in [1.29, 1.82) is 0 Å². The van der Waals surface area contributed by atoms with E-state index in [0.717, 1.165) is 22.1 Å². The van der Waals surface area contributed by atoms with E-state index in [1.807, 2.05) is 37.3 Å². The molecule has 0 atom stereocenters. The van der Waals surface area contributed by atoms with Gasteiger partial charge in [-0.3, -0.25) is 4.79 Å². The molecule has 0 aliphatic carbocycles. The number of amides is 1. The number of fused-ring (bicyclic) bond motifs is 1. The molecule has 2 aromatic carbocycles. The molecule has 106 valence electrons. The first-order valence-corrected chi connectivity index (χ1v) is 7.25. The molecule has 0 aliphatic heterocycles. The van der Waals surface area contributed by atoms with Gasteiger partial charge in [0.25, 0.3) is 0 Å². The predicted octanol–water partition coefficient (Wildman–Crippen LogP) is 3.48. The molecule has 0 radical (unpaired) electrons. The summed E-state index contributed by atoms with van der Waals surface area (Å²) in [6, 6.07) is 12.1. The summed E-state index contributed by atoms with van der Waals surface area (Å²) in [4.78, 5) is 11.6. The third-order valence-corrected chi connectivity index (χ3v) is 3.27. The summed E-state index contributed by atoms with van der Waals surface area (Å²) in [5, 5.41) is 5.13. The Morgan fingerprint density at radius 1 is 1.25 bits per heavy atom. The van der Waals surface area contributed by atoms with Gasteiger partial charge in [0.2, 0.25) is 5.91 Å². The van der Waals surface area contributed by atoms with Crippen LogP contribution < -0.4 is 10.1 Å². The van der Waals surface area contributed by atoms with Crippen LogP contribution in [0.5, 0.6) is 5.75 Å². The van der Waals surface area contributed by atoms with Crippen LogP contribution in [0.2, 0.25) is 0 Å². The minimum atomic E-state index is -0.0459. The highest BCUT2D eigenvalue weighted by Crippen LogP contribution is 2.28. The lowest BCUT2D eigenvalue weighted by atomic mass is 10.0. The zero-order valence-corrected chi connectivity index (χ0v) is 12.2. The number of hydrogen-bond donors (Lipinski definition) is 1. The number of alkyl halides is 1. The summed E-state index contributed by atoms with van der Waals surface area (Å²) in [6.45, 7) is 3.00. The van der Waals surface area contributed by atoms with Gasteiger partial charge in [0, 0.05) is 24.4 Å². The van der Waals surface area contributed by atoms with Gasteiger partial charge >= 0.3 is 0 Å². The van der Waals surface area contributed by atoms with E-state index < -0.39 is 0 Å². The topological polar surface area (TPSA) is 38.3 Å². The van der Waals surface area contributed by atoms with Crippen LogP contribution in [0.3, 0.4) is 0 Å². The first-order valence-electron chi connectivity index (χ1n) is 6.72. The van der Waals surface area contributed by atoms with Crippen molar-refractivity contribution in [2.24, 2.45) is 0 Å². The number of ether oxygens (including phenoxy) is 1. The summed E-state index contributed by atoms with van der Waals surface area (Å²) in [6.07, 6.45) is 0.330. The van der Waals surface area contributed by atoms with Gasteiger partial charge < -0.3 is 10.1 Å². The van der Waals surface area contributed by atoms with Crippen molar-refractivity contribution in [2.75, 3.05) is 12.5 Å². The van der Waals surface area contributed by atoms with Crippen molar-refractivity contribution in [2.45, 2.75) is 19.9 Å². The van der Waals surface area contributed by atoms with E-state index in [1.165, 1.54) is 0 Å². The van der Waals surface area contributed by atoms with Gasteiger partial charge in [0.15, 0.2) is 0 Å². The highest BCUT2D eigenvalue weighted by molar-refractivity contribution is 6.18. The minimum absolute atomic E-state index is 0.0459. The number of benzene rings is 2. The van der Waals surface area contributed by atoms with Crippen LogP contribution >= 0.6 is 11.6 Å². The molecule has 3 nitrogen and oxygen atoms in total. The lowest BCUT2D eigenvalue weighted by molar-refractivity contribution is -0.120. The highest BCUT2D eigenvalue weighted by Gasteiger charge is 2.10. The first-order chi connectivity index (χ1) is 9.76. The smallest absolute Gasteiger partial charge is 0.221 e. The maximum absolute atomic E-state index is 11.6. The summed E-state index contributed by atoms with van der Waals surface area (Å²) >= 11 is 5.57. The molecule has 0 heterocycles. The van der Waals surface area contributed by atoms with Gasteiger partial charge in [0.05, 0.1) is 6.61 Å². The van der Waals surface area contributed by atoms with Crippen LogP contribution in [0, 0.1) is 0 Å². The van der Waals surface area contributed by atoms with Gasteiger partial charge in [-0.25, -0.2) is 0 Å². The number of rotatable bonds is 6. The Hall–Kier alpha value is -1.74. The molecule has 0 saturated heterocycles. The zero-order chi connectivity index (χ0) is 14.4. The molecule has 0 unspecified atom stereocenters. The Balaban J connectivity index is 2.31. The summed E-state index contributed by atoms with van der Waals surface area (Å²) in [5.41, 5.74) is 1.01. The van der Waals surface area contributed by atoms with Crippen molar-refractivity contribution in [3.05, 3.63) is 42.0 Å². The molecule has 4 heteroatoms. The molecule has 2 rings (SSSR count). The van der Waals surface area contributed by atoms with E-state index in [0.29, 0.717) is 25.5 Å². The summed E-state index contributed by atoms with van der Waals surface area (Å²) in [7, 11) is 0. The first kappa shape index (κ1) is 14.7. The van der Waals surface area contributed by atoms with Crippen LogP contribution in [0.1, 0.15) is 18.9 Å². The second-order valence-corrected chi connectivity index (χ2v) is 4.79. The predicted molar refractivity (Wildman–Crippen MR) is 82.3 cm³/mol. The van der Waals surface area contributed by atoms with E-state index >= 15 is 0 Å². The SMILES string of the molecule is CCOc1ccc2ccccc2c1CNC(=O)CCCl. The second kappa shape index (κ2) is 7.15. The molecule has 0 bridgehead atoms. The molecule has 2 aromatic rings. The number of carbonyl (C=O) groups excluding carboxylic acids is 1. The Bertz CT molecular complexity index is 598. The molecule has 1 amide bonds. The summed E-state index contributed by atoms with van der Waals surface area (Å²) < 4.78 is 5.66. The van der Waals surface area contributed by atoms with Crippen LogP contribution in [-0.4, -0.2) is 18.4 Å². The highest BCUT2D eigenvalue weighted by atomic mass is 35.5. The van der Waals surface area contributed by atoms with Gasteiger partial charge in [-0.2, -0.15) is 0 Å². The lowest BCUT2D eigenvalue weighted by Crippen LogP contribution is -2.23. The standard InChI is InChI=1S/C16H18ClNO2/c1-2-20-15-8-7-12-5-3-4-6-13(12)14(15)11-18-16(19)9-10-17/h3-8H,2,9-11H2,1H3,(H,18,19). The van der Waals surface area contributed by atoms with Crippen LogP contribution in [0.4, 0.5) is 0 Å². The molecule has 0 aliphatic rings. The lowest BCUT2D eigenvalue weighted by Gasteiger charge is -2.14. The second-order valence-electron chi connectivity index (χ2n) is 4.41. The fourth-order valence-corrected chi connectivity index (χ4v) is 2.32. The Morgan fingerprint density at radius 2 is 2.05 bits per heavy atom. The van der Waals surface area contributed by atoms with Crippen LogP contribution in [0.25, 0.3) is 10.8 Å². The van der Waals surface area contributed by atoms with E-state index in [4.69, 9.17) is 16.3 Å². The number of carbonyl (C=O) groups is 1. The van der Waals surface area contributed by atoms with Crippen molar-refractivity contribution in [3.8, 4) is 5.75 Å². The Kier molecular flexibility index (Phi) is 5.24. The molecule has 1 N–H and O–H groups in total. The normalized spacial score (nSPS) is 10.5. The van der Waals surface area contributed by atoms with Gasteiger partial charge in [-0.1, -0.05) is 30.3 Å². The number of hydrogen-bond acceptors (Lipinski definition) is 2. The molecule has 0 fully saturated rings. The average molecular weight is 292 g/mol. The van der Waals surface area contributed by atoms with Gasteiger partial charge in [-0.15, -0.1) is 11.6 Å². The largest absolute Gasteiger partial charge is 0.494 e. The molecular weight excluding hydrogens is 274 g/mol. The number of nitrogens with one attached hydrogen (secondary N) is 1. The van der Waals surface area contributed by atoms with Crippen molar-refractivity contribution >= 4 is 28.3 Å². The Labute approximate surface area is 123 Å². The molecule has 0 aromatic heterocycles. The molecular formula is C16H18ClNO2. The maximum Gasteiger partial charge on any atom is 0.221 e. The van der Waals surface area contributed by atoms with Gasteiger partial charge in [0.1, 0.15) is 5.75 Å². The van der Waals surface area contributed by atoms with Crippen molar-refractivity contribution < 1.29 is 9.53 Å². The fraction of sp³-hybridized carbons (Fsp3) is 0.312. The zero-order valence-electron chi connectivity index (χ0n) is 11.5. The third kappa shape index (κ3) is 3.42.